The number of halogens is 4. The Labute approximate surface area is 185 Å². The molecular weight excluding hydrogens is 449 g/mol. The predicted molar refractivity (Wildman–Crippen MR) is 115 cm³/mol. The molecule has 160 valence electrons. The van der Waals surface area contributed by atoms with Crippen molar-refractivity contribution >= 4 is 35.2 Å². The van der Waals surface area contributed by atoms with E-state index in [4.69, 9.17) is 22.9 Å². The fourth-order valence-corrected chi connectivity index (χ4v) is 3.86. The topological polar surface area (TPSA) is 90.7 Å². The quantitative estimate of drug-likeness (QED) is 0.115. The lowest BCUT2D eigenvalue weighted by molar-refractivity contribution is -0.137. The molecule has 0 aliphatic carbocycles. The predicted octanol–water partition coefficient (Wildman–Crippen LogP) is 6.12. The molecule has 0 fully saturated rings. The molecule has 0 bridgehead atoms. The Balaban J connectivity index is 1.91. The number of amidine groups is 1. The van der Waals surface area contributed by atoms with Crippen LogP contribution >= 0.6 is 23.5 Å². The molecule has 0 unspecified atom stereocenters. The van der Waals surface area contributed by atoms with Gasteiger partial charge in [0.1, 0.15) is 0 Å². The van der Waals surface area contributed by atoms with Gasteiger partial charge >= 0.3 is 6.18 Å². The molecule has 0 saturated heterocycles. The Morgan fingerprint density at radius 2 is 1.81 bits per heavy atom. The van der Waals surface area contributed by atoms with E-state index in [0.29, 0.717) is 12.1 Å². The highest BCUT2D eigenvalue weighted by molar-refractivity contribution is 8.00. The Bertz CT molecular complexity index is 1070. The summed E-state index contributed by atoms with van der Waals surface area (Å²) in [4.78, 5) is 4.74. The van der Waals surface area contributed by atoms with Crippen LogP contribution in [0, 0.1) is 5.41 Å². The van der Waals surface area contributed by atoms with E-state index in [1.807, 2.05) is 30.3 Å². The fourth-order valence-electron chi connectivity index (χ4n) is 2.59. The molecule has 31 heavy (non-hydrogen) atoms. The van der Waals surface area contributed by atoms with Crippen LogP contribution in [0.3, 0.4) is 0 Å². The molecule has 0 atom stereocenters. The van der Waals surface area contributed by atoms with Crippen molar-refractivity contribution in [2.45, 2.75) is 17.6 Å². The van der Waals surface area contributed by atoms with Crippen LogP contribution in [-0.4, -0.2) is 10.8 Å². The van der Waals surface area contributed by atoms with Gasteiger partial charge in [-0.2, -0.15) is 13.2 Å². The van der Waals surface area contributed by atoms with Crippen LogP contribution in [0.2, 0.25) is 5.02 Å². The van der Waals surface area contributed by atoms with E-state index < -0.39 is 11.7 Å². The number of alkyl halides is 3. The molecule has 1 heterocycles. The summed E-state index contributed by atoms with van der Waals surface area (Å²) in [5.74, 6) is 5.08. The average molecular weight is 465 g/mol. The van der Waals surface area contributed by atoms with Gasteiger partial charge in [-0.1, -0.05) is 47.2 Å². The second-order valence-electron chi connectivity index (χ2n) is 6.23. The maximum Gasteiger partial charge on any atom is 0.417 e. The standard InChI is InChI=1S/C20H16ClF3N6S/c21-17-10-15(20(22,23)24)11-27-19(17)30(12-13-4-2-1-3-5-13)31-16-8-6-14(7-9-16)18(25)28-29-26/h1-11H,12H2,(H3,25,26,28). The highest BCUT2D eigenvalue weighted by Gasteiger charge is 2.32. The Morgan fingerprint density at radius 1 is 1.13 bits per heavy atom. The molecule has 0 spiro atoms. The zero-order valence-electron chi connectivity index (χ0n) is 15.8. The molecule has 0 aliphatic rings. The molecule has 0 radical (unpaired) electrons. The molecule has 0 aliphatic heterocycles. The Hall–Kier alpha value is -3.11. The number of pyridine rings is 1. The van der Waals surface area contributed by atoms with Crippen LogP contribution in [0.5, 0.6) is 0 Å². The van der Waals surface area contributed by atoms with E-state index in [1.165, 1.54) is 11.9 Å². The maximum atomic E-state index is 13.0. The molecule has 3 N–H and O–H groups in total. The number of nitrogens with zero attached hydrogens (tertiary/aromatic N) is 4. The number of rotatable bonds is 6. The number of nitrogens with two attached hydrogens (primary N) is 1. The van der Waals surface area contributed by atoms with E-state index >= 15 is 0 Å². The third-order valence-corrected chi connectivity index (χ3v) is 5.34. The van der Waals surface area contributed by atoms with E-state index in [9.17, 15) is 13.2 Å². The zero-order chi connectivity index (χ0) is 22.4. The summed E-state index contributed by atoms with van der Waals surface area (Å²) in [6.07, 6.45) is -3.77. The van der Waals surface area contributed by atoms with Gasteiger partial charge in [0.05, 0.1) is 17.1 Å². The first-order chi connectivity index (χ1) is 14.8. The average Bonchev–Trinajstić information content (AvgIpc) is 2.74. The first kappa shape index (κ1) is 22.6. The van der Waals surface area contributed by atoms with Gasteiger partial charge in [-0.3, -0.25) is 9.71 Å². The second-order valence-corrected chi connectivity index (χ2v) is 7.73. The number of benzene rings is 2. The van der Waals surface area contributed by atoms with Crippen molar-refractivity contribution in [3.8, 4) is 0 Å². The normalized spacial score (nSPS) is 11.6. The molecule has 1 aromatic heterocycles. The summed E-state index contributed by atoms with van der Waals surface area (Å²) >= 11 is 7.44. The van der Waals surface area contributed by atoms with Gasteiger partial charge in [0.15, 0.2) is 11.7 Å². The van der Waals surface area contributed by atoms with Crippen molar-refractivity contribution in [1.82, 2.24) is 4.98 Å². The molecule has 0 amide bonds. The lowest BCUT2D eigenvalue weighted by Gasteiger charge is -2.24. The fraction of sp³-hybridized carbons (Fsp3) is 0.100. The molecule has 3 aromatic rings. The van der Waals surface area contributed by atoms with Crippen LogP contribution in [0.25, 0.3) is 0 Å². The summed E-state index contributed by atoms with van der Waals surface area (Å²) < 4.78 is 40.7. The number of nitrogens with one attached hydrogen (secondary N) is 1. The SMILES string of the molecule is N=C(N=NN)c1ccc(SN(Cc2ccccc2)c2ncc(C(F)(F)F)cc2Cl)cc1. The summed E-state index contributed by atoms with van der Waals surface area (Å²) in [6, 6.07) is 17.1. The lowest BCUT2D eigenvalue weighted by Crippen LogP contribution is -2.16. The summed E-state index contributed by atoms with van der Waals surface area (Å²) in [6.45, 7) is 0.350. The number of anilines is 1. The number of hydrogen-bond acceptors (Lipinski definition) is 5. The van der Waals surface area contributed by atoms with Crippen LogP contribution in [-0.2, 0) is 12.7 Å². The van der Waals surface area contributed by atoms with Crippen molar-refractivity contribution in [2.24, 2.45) is 16.2 Å². The van der Waals surface area contributed by atoms with Crippen molar-refractivity contribution in [3.63, 3.8) is 0 Å². The lowest BCUT2D eigenvalue weighted by atomic mass is 10.2. The highest BCUT2D eigenvalue weighted by atomic mass is 35.5. The smallest absolute Gasteiger partial charge is 0.305 e. The summed E-state index contributed by atoms with van der Waals surface area (Å²) in [5.41, 5.74) is 0.524. The second kappa shape index (κ2) is 9.80. The van der Waals surface area contributed by atoms with E-state index in [0.717, 1.165) is 22.7 Å². The molecular formula is C20H16ClF3N6S. The van der Waals surface area contributed by atoms with Gasteiger partial charge in [-0.25, -0.2) is 4.98 Å². The van der Waals surface area contributed by atoms with Crippen molar-refractivity contribution in [3.05, 3.63) is 88.6 Å². The molecule has 2 aromatic carbocycles. The first-order valence-corrected chi connectivity index (χ1v) is 9.95. The van der Waals surface area contributed by atoms with Gasteiger partial charge < -0.3 is 5.84 Å². The minimum atomic E-state index is -4.53. The number of aromatic nitrogens is 1. The third kappa shape index (κ3) is 5.96. The van der Waals surface area contributed by atoms with Crippen LogP contribution in [0.1, 0.15) is 16.7 Å². The zero-order valence-corrected chi connectivity index (χ0v) is 17.4. The van der Waals surface area contributed by atoms with Crippen LogP contribution < -0.4 is 10.1 Å². The highest BCUT2D eigenvalue weighted by Crippen LogP contribution is 2.37. The van der Waals surface area contributed by atoms with Gasteiger partial charge in [0, 0.05) is 16.7 Å². The summed E-state index contributed by atoms with van der Waals surface area (Å²) in [7, 11) is 0. The van der Waals surface area contributed by atoms with Gasteiger partial charge in [0.2, 0.25) is 0 Å². The maximum absolute atomic E-state index is 13.0. The molecule has 6 nitrogen and oxygen atoms in total. The van der Waals surface area contributed by atoms with Crippen molar-refractivity contribution < 1.29 is 13.2 Å². The third-order valence-electron chi connectivity index (χ3n) is 4.06. The van der Waals surface area contributed by atoms with Crippen LogP contribution in [0.4, 0.5) is 19.0 Å². The van der Waals surface area contributed by atoms with Crippen LogP contribution in [0.15, 0.2) is 82.1 Å². The molecule has 11 heteroatoms. The van der Waals surface area contributed by atoms with E-state index in [-0.39, 0.29) is 16.7 Å². The van der Waals surface area contributed by atoms with E-state index in [1.54, 1.807) is 28.6 Å². The minimum Gasteiger partial charge on any atom is -0.305 e. The van der Waals surface area contributed by atoms with E-state index in [2.05, 4.69) is 15.3 Å². The Morgan fingerprint density at radius 3 is 2.39 bits per heavy atom. The van der Waals surface area contributed by atoms with Gasteiger partial charge in [-0.05, 0) is 47.8 Å². The van der Waals surface area contributed by atoms with Crippen molar-refractivity contribution in [2.75, 3.05) is 4.31 Å². The monoisotopic (exact) mass is 464 g/mol. The van der Waals surface area contributed by atoms with Gasteiger partial charge in [0.25, 0.3) is 0 Å². The molecule has 3 rings (SSSR count). The largest absolute Gasteiger partial charge is 0.417 e. The van der Waals surface area contributed by atoms with Gasteiger partial charge in [-0.15, -0.1) is 5.11 Å². The molecule has 0 saturated carbocycles. The first-order valence-electron chi connectivity index (χ1n) is 8.80. The van der Waals surface area contributed by atoms with Crippen molar-refractivity contribution in [1.29, 1.82) is 5.41 Å². The summed E-state index contributed by atoms with van der Waals surface area (Å²) in [5, 5.41) is 14.2. The minimum absolute atomic E-state index is 0.0901. The Kier molecular flexibility index (Phi) is 7.13. The number of hydrogen-bond donors (Lipinski definition) is 2.